The summed E-state index contributed by atoms with van der Waals surface area (Å²) in [6.45, 7) is 3.06. The van der Waals surface area contributed by atoms with Crippen LogP contribution in [0.1, 0.15) is 41.1 Å². The molecule has 0 aliphatic carbocycles. The van der Waals surface area contributed by atoms with Gasteiger partial charge in [-0.05, 0) is 55.7 Å². The highest BCUT2D eigenvalue weighted by atomic mass is 16.5. The van der Waals surface area contributed by atoms with E-state index in [9.17, 15) is 19.2 Å². The van der Waals surface area contributed by atoms with Crippen LogP contribution in [0.25, 0.3) is 11.0 Å². The number of fused-ring (bicyclic) bond motifs is 1. The summed E-state index contributed by atoms with van der Waals surface area (Å²) in [7, 11) is 4.49. The van der Waals surface area contributed by atoms with Gasteiger partial charge in [0.2, 0.25) is 11.8 Å². The third kappa shape index (κ3) is 6.86. The van der Waals surface area contributed by atoms with Gasteiger partial charge in [-0.1, -0.05) is 6.07 Å². The van der Waals surface area contributed by atoms with Gasteiger partial charge in [-0.15, -0.1) is 0 Å². The summed E-state index contributed by atoms with van der Waals surface area (Å²) in [4.78, 5) is 49.1. The Morgan fingerprint density at radius 2 is 1.59 bits per heavy atom. The number of carbonyl (C=O) groups is 3. The summed E-state index contributed by atoms with van der Waals surface area (Å²) in [6.07, 6.45) is -0.148. The van der Waals surface area contributed by atoms with Crippen molar-refractivity contribution in [2.45, 2.75) is 39.2 Å². The second-order valence-corrected chi connectivity index (χ2v) is 8.87. The normalized spacial score (nSPS) is 11.5. The van der Waals surface area contributed by atoms with E-state index in [-0.39, 0.29) is 19.3 Å². The molecule has 3 aromatic rings. The van der Waals surface area contributed by atoms with E-state index in [1.807, 2.05) is 6.07 Å². The predicted molar refractivity (Wildman–Crippen MR) is 143 cm³/mol. The highest BCUT2D eigenvalue weighted by molar-refractivity contribution is 5.86. The number of benzene rings is 2. The average Bonchev–Trinajstić information content (AvgIpc) is 2.91. The number of amides is 2. The Hall–Kier alpha value is -4.54. The van der Waals surface area contributed by atoms with E-state index in [1.54, 1.807) is 38.1 Å². The van der Waals surface area contributed by atoms with Crippen LogP contribution in [0.5, 0.6) is 17.2 Å². The molecule has 0 spiro atoms. The largest absolute Gasteiger partial charge is 0.496 e. The Morgan fingerprint density at radius 3 is 2.23 bits per heavy atom. The number of carboxylic acid groups (broad SMARTS) is 1. The average molecular weight is 541 g/mol. The van der Waals surface area contributed by atoms with E-state index < -0.39 is 36.0 Å². The van der Waals surface area contributed by atoms with Gasteiger partial charge in [-0.25, -0.2) is 4.79 Å². The van der Waals surface area contributed by atoms with Crippen LogP contribution in [-0.4, -0.2) is 50.8 Å². The molecule has 0 radical (unpaired) electrons. The minimum Gasteiger partial charge on any atom is -0.496 e. The van der Waals surface area contributed by atoms with Gasteiger partial charge in [0.05, 0.1) is 33.8 Å². The van der Waals surface area contributed by atoms with Crippen molar-refractivity contribution < 1.29 is 38.1 Å². The van der Waals surface area contributed by atoms with Crippen LogP contribution in [0.4, 0.5) is 0 Å². The van der Waals surface area contributed by atoms with Crippen molar-refractivity contribution in [2.75, 3.05) is 27.9 Å². The number of rotatable bonds is 12. The molecule has 11 nitrogen and oxygen atoms in total. The summed E-state index contributed by atoms with van der Waals surface area (Å²) in [5.74, 6) is -0.691. The lowest BCUT2D eigenvalue weighted by Crippen LogP contribution is -2.35. The standard InChI is InChI=1S/C28H32N2O9/c1-15-18-7-10-21(36-3)16(2)27(18)39-28(35)19(15)8-11-24(31)30-20(13-25(32)29-14-26(33)34)17-6-9-22(37-4)23(12-17)38-5/h6-7,9-10,12,20H,8,11,13-14H2,1-5H3,(H,29,32)(H,30,31)(H,33,34)/t20-/m0/s1. The van der Waals surface area contributed by atoms with Crippen LogP contribution >= 0.6 is 0 Å². The molecule has 0 fully saturated rings. The smallest absolute Gasteiger partial charge is 0.339 e. The molecule has 3 rings (SSSR count). The van der Waals surface area contributed by atoms with Gasteiger partial charge >= 0.3 is 11.6 Å². The van der Waals surface area contributed by atoms with Crippen molar-refractivity contribution in [1.82, 2.24) is 10.6 Å². The first-order valence-corrected chi connectivity index (χ1v) is 12.2. The Kier molecular flexibility index (Phi) is 9.53. The van der Waals surface area contributed by atoms with E-state index in [1.165, 1.54) is 21.3 Å². The van der Waals surface area contributed by atoms with E-state index in [4.69, 9.17) is 23.7 Å². The van der Waals surface area contributed by atoms with E-state index in [0.29, 0.717) is 45.1 Å². The molecule has 0 bridgehead atoms. The molecular weight excluding hydrogens is 508 g/mol. The predicted octanol–water partition coefficient (Wildman–Crippen LogP) is 2.82. The molecule has 0 unspecified atom stereocenters. The first kappa shape index (κ1) is 29.0. The van der Waals surface area contributed by atoms with E-state index in [0.717, 1.165) is 5.39 Å². The molecule has 1 atom stereocenters. The molecule has 1 aromatic heterocycles. The molecule has 3 N–H and O–H groups in total. The molecular formula is C28H32N2O9. The number of methoxy groups -OCH3 is 3. The highest BCUT2D eigenvalue weighted by Gasteiger charge is 2.22. The van der Waals surface area contributed by atoms with Gasteiger partial charge in [-0.3, -0.25) is 14.4 Å². The van der Waals surface area contributed by atoms with Gasteiger partial charge in [0.1, 0.15) is 17.9 Å². The summed E-state index contributed by atoms with van der Waals surface area (Å²) in [5.41, 5.74) is 2.25. The van der Waals surface area contributed by atoms with Crippen LogP contribution < -0.4 is 30.5 Å². The number of carbonyl (C=O) groups excluding carboxylic acids is 2. The molecule has 11 heteroatoms. The second-order valence-electron chi connectivity index (χ2n) is 8.87. The van der Waals surface area contributed by atoms with Crippen LogP contribution in [0.2, 0.25) is 0 Å². The fraction of sp³-hybridized carbons (Fsp3) is 0.357. The first-order chi connectivity index (χ1) is 18.6. The van der Waals surface area contributed by atoms with E-state index >= 15 is 0 Å². The van der Waals surface area contributed by atoms with Crippen LogP contribution in [-0.2, 0) is 20.8 Å². The maximum Gasteiger partial charge on any atom is 0.339 e. The third-order valence-electron chi connectivity index (χ3n) is 6.45. The van der Waals surface area contributed by atoms with Crippen LogP contribution in [0, 0.1) is 13.8 Å². The number of hydrogen-bond donors (Lipinski definition) is 3. The minimum absolute atomic E-state index is 0.0488. The number of ether oxygens (including phenoxy) is 3. The van der Waals surface area contributed by atoms with Crippen molar-refractivity contribution in [1.29, 1.82) is 0 Å². The number of nitrogens with one attached hydrogen (secondary N) is 2. The fourth-order valence-electron chi connectivity index (χ4n) is 4.34. The van der Waals surface area contributed by atoms with Crippen molar-refractivity contribution >= 4 is 28.8 Å². The maximum atomic E-state index is 13.0. The van der Waals surface area contributed by atoms with Crippen LogP contribution in [0.3, 0.4) is 0 Å². The number of hydrogen-bond acceptors (Lipinski definition) is 8. The van der Waals surface area contributed by atoms with Crippen molar-refractivity contribution in [3.05, 3.63) is 63.0 Å². The molecule has 0 saturated heterocycles. The molecule has 208 valence electrons. The molecule has 0 aliphatic heterocycles. The quantitative estimate of drug-likeness (QED) is 0.294. The summed E-state index contributed by atoms with van der Waals surface area (Å²) >= 11 is 0. The highest BCUT2D eigenvalue weighted by Crippen LogP contribution is 2.32. The zero-order valence-electron chi connectivity index (χ0n) is 22.5. The minimum atomic E-state index is -1.19. The zero-order chi connectivity index (χ0) is 28.7. The monoisotopic (exact) mass is 540 g/mol. The number of carboxylic acids is 1. The van der Waals surface area contributed by atoms with Crippen molar-refractivity contribution in [3.8, 4) is 17.2 Å². The summed E-state index contributed by atoms with van der Waals surface area (Å²) < 4.78 is 21.5. The third-order valence-corrected chi connectivity index (χ3v) is 6.45. The van der Waals surface area contributed by atoms with Gasteiger partial charge in [0.25, 0.3) is 0 Å². The lowest BCUT2D eigenvalue weighted by atomic mass is 9.99. The second kappa shape index (κ2) is 12.8. The molecule has 2 amide bonds. The van der Waals surface area contributed by atoms with Gasteiger partial charge in [-0.2, -0.15) is 0 Å². The lowest BCUT2D eigenvalue weighted by Gasteiger charge is -2.20. The Morgan fingerprint density at radius 1 is 0.923 bits per heavy atom. The molecule has 1 heterocycles. The topological polar surface area (TPSA) is 153 Å². The maximum absolute atomic E-state index is 13.0. The fourth-order valence-corrected chi connectivity index (χ4v) is 4.34. The van der Waals surface area contributed by atoms with Gasteiger partial charge in [0.15, 0.2) is 11.5 Å². The number of aryl methyl sites for hydroxylation is 2. The summed E-state index contributed by atoms with van der Waals surface area (Å²) in [5, 5.41) is 14.7. The molecule has 0 aliphatic rings. The zero-order valence-corrected chi connectivity index (χ0v) is 22.5. The van der Waals surface area contributed by atoms with Crippen molar-refractivity contribution in [2.24, 2.45) is 0 Å². The van der Waals surface area contributed by atoms with Gasteiger partial charge in [0, 0.05) is 22.9 Å². The summed E-state index contributed by atoms with van der Waals surface area (Å²) in [6, 6.07) is 7.76. The Bertz CT molecular complexity index is 1450. The van der Waals surface area contributed by atoms with Crippen molar-refractivity contribution in [3.63, 3.8) is 0 Å². The molecule has 0 saturated carbocycles. The SMILES string of the molecule is COc1ccc([C@H](CC(=O)NCC(=O)O)NC(=O)CCc2c(C)c3ccc(OC)c(C)c3oc2=O)cc1OC. The first-order valence-electron chi connectivity index (χ1n) is 12.2. The number of aliphatic carboxylic acids is 1. The molecule has 39 heavy (non-hydrogen) atoms. The Balaban J connectivity index is 1.82. The molecule has 2 aromatic carbocycles. The van der Waals surface area contributed by atoms with Crippen LogP contribution in [0.15, 0.2) is 39.5 Å². The van der Waals surface area contributed by atoms with Gasteiger partial charge < -0.3 is 34.4 Å². The van der Waals surface area contributed by atoms with E-state index in [2.05, 4.69) is 10.6 Å². The Labute approximate surface area is 225 Å². The lowest BCUT2D eigenvalue weighted by molar-refractivity contribution is -0.138.